The molecule has 0 spiro atoms. The maximum Gasteiger partial charge on any atom is 0.471 e. The van der Waals surface area contributed by atoms with E-state index in [0.29, 0.717) is 0 Å². The Morgan fingerprint density at radius 2 is 1.71 bits per heavy atom. The summed E-state index contributed by atoms with van der Waals surface area (Å²) in [5, 5.41) is 29.1. The van der Waals surface area contributed by atoms with Gasteiger partial charge in [-0.15, -0.1) is 0 Å². The topological polar surface area (TPSA) is 116 Å². The number of aliphatic carboxylic acids is 1. The van der Waals surface area contributed by atoms with Gasteiger partial charge in [0.2, 0.25) is 5.75 Å². The molecule has 0 aliphatic carbocycles. The van der Waals surface area contributed by atoms with Crippen molar-refractivity contribution in [2.24, 2.45) is 0 Å². The number of methoxy groups -OCH3 is 1. The number of rotatable bonds is 4. The monoisotopic (exact) mass is 309 g/mol. The predicted molar refractivity (Wildman–Crippen MR) is 60.9 cm³/mol. The number of carbonyl (C=O) groups excluding carboxylic acids is 1. The van der Waals surface area contributed by atoms with Gasteiger partial charge in [-0.2, -0.15) is 13.2 Å². The summed E-state index contributed by atoms with van der Waals surface area (Å²) < 4.78 is 41.0. The molecule has 0 heterocycles. The van der Waals surface area contributed by atoms with Gasteiger partial charge in [0, 0.05) is 0 Å². The minimum atomic E-state index is -5.27. The quantitative estimate of drug-likeness (QED) is 0.657. The summed E-state index contributed by atoms with van der Waals surface area (Å²) in [6.07, 6.45) is -5.27. The Balaban J connectivity index is 3.19. The average Bonchev–Trinajstić information content (AvgIpc) is 2.33. The summed E-state index contributed by atoms with van der Waals surface area (Å²) in [7, 11) is 1.11. The number of carboxylic acid groups (broad SMARTS) is 1. The van der Waals surface area contributed by atoms with Crippen LogP contribution >= 0.6 is 0 Å². The smallest absolute Gasteiger partial charge is 0.471 e. The van der Waals surface area contributed by atoms with E-state index < -0.39 is 41.2 Å². The van der Waals surface area contributed by atoms with Gasteiger partial charge in [0.1, 0.15) is 0 Å². The van der Waals surface area contributed by atoms with Crippen molar-refractivity contribution in [3.8, 4) is 17.2 Å². The van der Waals surface area contributed by atoms with Gasteiger partial charge in [0.15, 0.2) is 17.5 Å². The zero-order valence-electron chi connectivity index (χ0n) is 10.4. The highest BCUT2D eigenvalue weighted by molar-refractivity contribution is 5.87. The number of hydrogen-bond donors (Lipinski definition) is 4. The van der Waals surface area contributed by atoms with Gasteiger partial charge < -0.3 is 25.4 Å². The van der Waals surface area contributed by atoms with Crippen molar-refractivity contribution < 1.29 is 42.8 Å². The number of hydrogen-bond acceptors (Lipinski definition) is 5. The summed E-state index contributed by atoms with van der Waals surface area (Å²) >= 11 is 0. The summed E-state index contributed by atoms with van der Waals surface area (Å²) in [6, 6.07) is -0.594. The summed E-state index contributed by atoms with van der Waals surface area (Å²) in [6.45, 7) is 0. The van der Waals surface area contributed by atoms with Crippen LogP contribution in [0.1, 0.15) is 11.6 Å². The number of carbonyl (C=O) groups is 2. The number of aromatic hydroxyl groups is 2. The van der Waals surface area contributed by atoms with Crippen molar-refractivity contribution in [2.45, 2.75) is 12.2 Å². The van der Waals surface area contributed by atoms with Crippen LogP contribution < -0.4 is 10.1 Å². The Hall–Kier alpha value is -2.65. The highest BCUT2D eigenvalue weighted by Gasteiger charge is 2.41. The molecule has 10 heteroatoms. The van der Waals surface area contributed by atoms with E-state index in [1.54, 1.807) is 0 Å². The van der Waals surface area contributed by atoms with Crippen molar-refractivity contribution in [3.63, 3.8) is 0 Å². The van der Waals surface area contributed by atoms with Crippen LogP contribution in [0.25, 0.3) is 0 Å². The minimum Gasteiger partial charge on any atom is -0.504 e. The summed E-state index contributed by atoms with van der Waals surface area (Å²) in [4.78, 5) is 21.8. The number of alkyl halides is 3. The molecule has 0 bridgehead atoms. The number of carboxylic acids is 1. The minimum absolute atomic E-state index is 0.384. The second-order valence-electron chi connectivity index (χ2n) is 3.83. The number of phenolic OH excluding ortho intramolecular Hbond substituents is 2. The van der Waals surface area contributed by atoms with Crippen LogP contribution in [0.4, 0.5) is 13.2 Å². The van der Waals surface area contributed by atoms with Crippen LogP contribution in [-0.2, 0) is 9.59 Å². The van der Waals surface area contributed by atoms with E-state index >= 15 is 0 Å². The molecular formula is C11H10F3NO6. The number of halogens is 3. The zero-order chi connectivity index (χ0) is 16.4. The van der Waals surface area contributed by atoms with Crippen LogP contribution in [0.3, 0.4) is 0 Å². The van der Waals surface area contributed by atoms with E-state index in [9.17, 15) is 33.0 Å². The van der Waals surface area contributed by atoms with E-state index in [0.717, 1.165) is 19.2 Å². The van der Waals surface area contributed by atoms with Crippen LogP contribution in [0.2, 0.25) is 0 Å². The lowest BCUT2D eigenvalue weighted by atomic mass is 10.1. The van der Waals surface area contributed by atoms with Crippen molar-refractivity contribution >= 4 is 11.9 Å². The number of nitrogens with one attached hydrogen (secondary N) is 1. The van der Waals surface area contributed by atoms with E-state index in [1.165, 1.54) is 5.32 Å². The lowest BCUT2D eigenvalue weighted by Gasteiger charge is -2.17. The van der Waals surface area contributed by atoms with Crippen molar-refractivity contribution in [1.29, 1.82) is 0 Å². The van der Waals surface area contributed by atoms with E-state index in [1.807, 2.05) is 0 Å². The third-order valence-corrected chi connectivity index (χ3v) is 2.39. The molecule has 0 radical (unpaired) electrons. The van der Waals surface area contributed by atoms with Crippen molar-refractivity contribution in [2.75, 3.05) is 7.11 Å². The molecule has 1 amide bonds. The third kappa shape index (κ3) is 3.68. The molecule has 1 atom stereocenters. The molecule has 4 N–H and O–H groups in total. The van der Waals surface area contributed by atoms with Gasteiger partial charge in [0.25, 0.3) is 0 Å². The second-order valence-corrected chi connectivity index (χ2v) is 3.83. The Bertz CT molecular complexity index is 549. The van der Waals surface area contributed by atoms with E-state index in [-0.39, 0.29) is 5.75 Å². The number of ether oxygens (including phenoxy) is 1. The Morgan fingerprint density at radius 1 is 1.24 bits per heavy atom. The van der Waals surface area contributed by atoms with Crippen LogP contribution in [0.5, 0.6) is 17.2 Å². The third-order valence-electron chi connectivity index (χ3n) is 2.39. The van der Waals surface area contributed by atoms with Gasteiger partial charge in [-0.1, -0.05) is 0 Å². The molecule has 0 saturated heterocycles. The van der Waals surface area contributed by atoms with Gasteiger partial charge in [0.05, 0.1) is 7.11 Å². The lowest BCUT2D eigenvalue weighted by Crippen LogP contribution is -2.41. The molecule has 1 rings (SSSR count). The fourth-order valence-electron chi connectivity index (χ4n) is 1.50. The number of benzene rings is 1. The lowest BCUT2D eigenvalue weighted by molar-refractivity contribution is -0.175. The van der Waals surface area contributed by atoms with Gasteiger partial charge in [-0.05, 0) is 17.7 Å². The molecule has 0 aliphatic heterocycles. The molecule has 0 saturated carbocycles. The standard InChI is InChI=1S/C11H10F3NO6/c1-21-8-5(16)2-4(3-6(8)17)7(9(18)19)15-10(20)11(12,13)14/h2-3,7,16-17H,1H3,(H,15,20)(H,18,19)/t7-/m0/s1. The maximum atomic E-state index is 12.1. The van der Waals surface area contributed by atoms with Gasteiger partial charge in [-0.25, -0.2) is 4.79 Å². The molecule has 0 aromatic heterocycles. The number of amides is 1. The molecule has 0 unspecified atom stereocenters. The zero-order valence-corrected chi connectivity index (χ0v) is 10.4. The Labute approximate surface area is 115 Å². The molecule has 7 nitrogen and oxygen atoms in total. The summed E-state index contributed by atoms with van der Waals surface area (Å²) in [5.74, 6) is -6.05. The summed E-state index contributed by atoms with van der Waals surface area (Å²) in [5.41, 5.74) is -0.462. The maximum absolute atomic E-state index is 12.1. The molecular weight excluding hydrogens is 299 g/mol. The van der Waals surface area contributed by atoms with Crippen molar-refractivity contribution in [1.82, 2.24) is 5.32 Å². The molecule has 1 aromatic carbocycles. The van der Waals surface area contributed by atoms with E-state index in [4.69, 9.17) is 5.11 Å². The highest BCUT2D eigenvalue weighted by atomic mass is 19.4. The molecule has 21 heavy (non-hydrogen) atoms. The fourth-order valence-corrected chi connectivity index (χ4v) is 1.50. The number of phenols is 2. The highest BCUT2D eigenvalue weighted by Crippen LogP contribution is 2.38. The van der Waals surface area contributed by atoms with Gasteiger partial charge >= 0.3 is 18.1 Å². The van der Waals surface area contributed by atoms with E-state index in [2.05, 4.69) is 4.74 Å². The molecule has 0 fully saturated rings. The fraction of sp³-hybridized carbons (Fsp3) is 0.273. The average molecular weight is 309 g/mol. The second kappa shape index (κ2) is 5.77. The van der Waals surface area contributed by atoms with Gasteiger partial charge in [-0.3, -0.25) is 4.79 Å². The first-order valence-corrected chi connectivity index (χ1v) is 5.28. The van der Waals surface area contributed by atoms with Crippen LogP contribution in [0, 0.1) is 0 Å². The Morgan fingerprint density at radius 3 is 2.05 bits per heavy atom. The SMILES string of the molecule is COc1c(O)cc([C@H](NC(=O)C(F)(F)F)C(=O)O)cc1O. The molecule has 116 valence electrons. The van der Waals surface area contributed by atoms with Crippen LogP contribution in [0.15, 0.2) is 12.1 Å². The van der Waals surface area contributed by atoms with Crippen LogP contribution in [-0.4, -0.2) is 40.5 Å². The Kier molecular flexibility index (Phi) is 4.51. The predicted octanol–water partition coefficient (Wildman–Crippen LogP) is 0.911. The molecule has 1 aromatic rings. The first-order valence-electron chi connectivity index (χ1n) is 5.28. The normalized spacial score (nSPS) is 12.6. The molecule has 0 aliphatic rings. The largest absolute Gasteiger partial charge is 0.504 e. The van der Waals surface area contributed by atoms with Crippen molar-refractivity contribution in [3.05, 3.63) is 17.7 Å². The first-order chi connectivity index (χ1) is 9.57. The first kappa shape index (κ1) is 16.4.